The minimum Gasteiger partial charge on any atom is -0.449 e. The molecule has 0 saturated heterocycles. The standard InChI is InChI=1S/C27H25F9N2O3/c1-2-7-41-24(40)38-21-6-5-17(25(28,29)30)11-20(21)23(12-22(38)16-3-4-16)37(14-39)13-15-8-18(26(31,32)33)10-19(9-15)27(34,35)36/h5-6,8-11,14,16,22-23H,2-4,7,12-13H2,1H3. The summed E-state index contributed by atoms with van der Waals surface area (Å²) in [5, 5.41) is 0. The van der Waals surface area contributed by atoms with Crippen LogP contribution in [0.2, 0.25) is 0 Å². The van der Waals surface area contributed by atoms with Crippen molar-refractivity contribution >= 4 is 18.2 Å². The van der Waals surface area contributed by atoms with Crippen LogP contribution in [-0.2, 0) is 34.6 Å². The fourth-order valence-electron chi connectivity index (χ4n) is 5.09. The molecule has 224 valence electrons. The number of halogens is 9. The van der Waals surface area contributed by atoms with Crippen LogP contribution in [-0.4, -0.2) is 30.1 Å². The summed E-state index contributed by atoms with van der Waals surface area (Å²) < 4.78 is 127. The van der Waals surface area contributed by atoms with E-state index < -0.39 is 65.5 Å². The van der Waals surface area contributed by atoms with Crippen molar-refractivity contribution in [1.82, 2.24) is 4.90 Å². The highest BCUT2D eigenvalue weighted by Crippen LogP contribution is 2.49. The molecule has 14 heteroatoms. The highest BCUT2D eigenvalue weighted by Gasteiger charge is 2.47. The van der Waals surface area contributed by atoms with Gasteiger partial charge in [-0.2, -0.15) is 39.5 Å². The van der Waals surface area contributed by atoms with E-state index in [1.165, 1.54) is 4.90 Å². The molecule has 1 aliphatic carbocycles. The van der Waals surface area contributed by atoms with Gasteiger partial charge in [-0.05, 0) is 79.1 Å². The summed E-state index contributed by atoms with van der Waals surface area (Å²) in [6, 6.07) is 1.65. The van der Waals surface area contributed by atoms with Gasteiger partial charge >= 0.3 is 24.6 Å². The Kier molecular flexibility index (Phi) is 8.25. The van der Waals surface area contributed by atoms with Gasteiger partial charge in [0.05, 0.1) is 35.0 Å². The van der Waals surface area contributed by atoms with Gasteiger partial charge in [-0.25, -0.2) is 4.79 Å². The predicted molar refractivity (Wildman–Crippen MR) is 127 cm³/mol. The van der Waals surface area contributed by atoms with Crippen molar-refractivity contribution in [2.24, 2.45) is 5.92 Å². The smallest absolute Gasteiger partial charge is 0.416 e. The number of carbonyl (C=O) groups is 2. The zero-order valence-corrected chi connectivity index (χ0v) is 21.5. The third-order valence-corrected chi connectivity index (χ3v) is 7.11. The Morgan fingerprint density at radius 3 is 2.00 bits per heavy atom. The van der Waals surface area contributed by atoms with E-state index in [9.17, 15) is 49.1 Å². The SMILES string of the molecule is CCCOC(=O)N1c2ccc(C(F)(F)F)cc2C(N(C=O)Cc2cc(C(F)(F)F)cc(C(F)(F)F)c2)CC1C1CC1. The van der Waals surface area contributed by atoms with Crippen molar-refractivity contribution < 1.29 is 53.8 Å². The van der Waals surface area contributed by atoms with Gasteiger partial charge in [0.15, 0.2) is 0 Å². The molecule has 2 atom stereocenters. The van der Waals surface area contributed by atoms with Crippen molar-refractivity contribution in [3.05, 3.63) is 64.2 Å². The molecule has 1 heterocycles. The number of alkyl halides is 9. The third kappa shape index (κ3) is 6.72. The van der Waals surface area contributed by atoms with Gasteiger partial charge in [-0.3, -0.25) is 9.69 Å². The molecule has 2 aliphatic rings. The Labute approximate surface area is 228 Å². The molecule has 2 aromatic rings. The number of benzene rings is 2. The number of hydrogen-bond acceptors (Lipinski definition) is 3. The van der Waals surface area contributed by atoms with Crippen LogP contribution in [0.1, 0.15) is 66.5 Å². The van der Waals surface area contributed by atoms with E-state index in [1.807, 2.05) is 0 Å². The van der Waals surface area contributed by atoms with Crippen molar-refractivity contribution in [3.63, 3.8) is 0 Å². The van der Waals surface area contributed by atoms with E-state index >= 15 is 0 Å². The first kappa shape index (κ1) is 30.5. The second kappa shape index (κ2) is 11.1. The van der Waals surface area contributed by atoms with E-state index in [0.717, 1.165) is 23.1 Å². The Morgan fingerprint density at radius 1 is 0.927 bits per heavy atom. The van der Waals surface area contributed by atoms with Gasteiger partial charge in [0.2, 0.25) is 6.41 Å². The number of fused-ring (bicyclic) bond motifs is 1. The van der Waals surface area contributed by atoms with E-state index in [4.69, 9.17) is 4.74 Å². The van der Waals surface area contributed by atoms with E-state index in [1.54, 1.807) is 6.92 Å². The van der Waals surface area contributed by atoms with Crippen LogP contribution < -0.4 is 4.90 Å². The van der Waals surface area contributed by atoms with E-state index in [0.29, 0.717) is 31.4 Å². The van der Waals surface area contributed by atoms with Crippen LogP contribution in [0, 0.1) is 5.92 Å². The van der Waals surface area contributed by atoms with Crippen LogP contribution in [0.3, 0.4) is 0 Å². The first-order valence-corrected chi connectivity index (χ1v) is 12.7. The molecular formula is C27H25F9N2O3. The fourth-order valence-corrected chi connectivity index (χ4v) is 5.09. The van der Waals surface area contributed by atoms with Crippen molar-refractivity contribution in [2.45, 2.75) is 69.8 Å². The van der Waals surface area contributed by atoms with Crippen molar-refractivity contribution in [2.75, 3.05) is 11.5 Å². The third-order valence-electron chi connectivity index (χ3n) is 7.11. The molecule has 1 aliphatic heterocycles. The molecule has 1 fully saturated rings. The molecule has 2 amide bonds. The lowest BCUT2D eigenvalue weighted by Gasteiger charge is -2.43. The van der Waals surface area contributed by atoms with Gasteiger partial charge in [0, 0.05) is 12.6 Å². The Morgan fingerprint density at radius 2 is 1.51 bits per heavy atom. The molecule has 1 saturated carbocycles. The number of nitrogens with zero attached hydrogens (tertiary/aromatic N) is 2. The maximum absolute atomic E-state index is 13.7. The minimum atomic E-state index is -5.13. The van der Waals surface area contributed by atoms with Crippen LogP contribution in [0.5, 0.6) is 0 Å². The van der Waals surface area contributed by atoms with Gasteiger partial charge in [-0.1, -0.05) is 6.92 Å². The topological polar surface area (TPSA) is 49.9 Å². The summed E-state index contributed by atoms with van der Waals surface area (Å²) in [5.41, 5.74) is -4.88. The summed E-state index contributed by atoms with van der Waals surface area (Å²) in [7, 11) is 0. The first-order valence-electron chi connectivity index (χ1n) is 12.7. The maximum atomic E-state index is 13.7. The molecule has 0 radical (unpaired) electrons. The van der Waals surface area contributed by atoms with Gasteiger partial charge in [0.25, 0.3) is 0 Å². The predicted octanol–water partition coefficient (Wildman–Crippen LogP) is 7.98. The molecule has 0 bridgehead atoms. The molecule has 4 rings (SSSR count). The van der Waals surface area contributed by atoms with Crippen molar-refractivity contribution in [1.29, 1.82) is 0 Å². The summed E-state index contributed by atoms with van der Waals surface area (Å²) in [4.78, 5) is 27.4. The van der Waals surface area contributed by atoms with E-state index in [-0.39, 0.29) is 42.7 Å². The summed E-state index contributed by atoms with van der Waals surface area (Å²) in [6.07, 6.45) is -13.9. The normalized spacial score (nSPS) is 19.5. The van der Waals surface area contributed by atoms with Gasteiger partial charge in [0.1, 0.15) is 0 Å². The quantitative estimate of drug-likeness (QED) is 0.241. The second-order valence-corrected chi connectivity index (χ2v) is 10.1. The van der Waals surface area contributed by atoms with Crippen LogP contribution in [0.15, 0.2) is 36.4 Å². The molecule has 2 aromatic carbocycles. The number of amides is 2. The lowest BCUT2D eigenvalue weighted by molar-refractivity contribution is -0.143. The number of carbonyl (C=O) groups excluding carboxylic acids is 2. The molecule has 2 unspecified atom stereocenters. The zero-order valence-electron chi connectivity index (χ0n) is 21.5. The monoisotopic (exact) mass is 596 g/mol. The number of hydrogen-bond donors (Lipinski definition) is 0. The van der Waals surface area contributed by atoms with Gasteiger partial charge < -0.3 is 9.64 Å². The minimum absolute atomic E-state index is 0.0270. The Hall–Kier alpha value is -3.45. The molecule has 0 N–H and O–H groups in total. The van der Waals surface area contributed by atoms with Crippen molar-refractivity contribution in [3.8, 4) is 0 Å². The first-order chi connectivity index (χ1) is 19.0. The number of rotatable bonds is 7. The molecule has 0 spiro atoms. The van der Waals surface area contributed by atoms with Gasteiger partial charge in [-0.15, -0.1) is 0 Å². The summed E-state index contributed by atoms with van der Waals surface area (Å²) in [6.45, 7) is 1.04. The number of ether oxygens (including phenoxy) is 1. The molecule has 5 nitrogen and oxygen atoms in total. The van der Waals surface area contributed by atoms with E-state index in [2.05, 4.69) is 0 Å². The number of anilines is 1. The maximum Gasteiger partial charge on any atom is 0.416 e. The zero-order chi connectivity index (χ0) is 30.3. The Balaban J connectivity index is 1.81. The molecule has 41 heavy (non-hydrogen) atoms. The lowest BCUT2D eigenvalue weighted by Crippen LogP contribution is -2.49. The lowest BCUT2D eigenvalue weighted by atomic mass is 9.86. The van der Waals surface area contributed by atoms with Crippen LogP contribution in [0.25, 0.3) is 0 Å². The summed E-state index contributed by atoms with van der Waals surface area (Å²) >= 11 is 0. The second-order valence-electron chi connectivity index (χ2n) is 10.1. The highest BCUT2D eigenvalue weighted by molar-refractivity contribution is 5.90. The Bertz CT molecular complexity index is 1250. The largest absolute Gasteiger partial charge is 0.449 e. The molecular weight excluding hydrogens is 571 g/mol. The molecule has 0 aromatic heterocycles. The highest BCUT2D eigenvalue weighted by atomic mass is 19.4. The average molecular weight is 596 g/mol. The van der Waals surface area contributed by atoms with Crippen LogP contribution in [0.4, 0.5) is 50.0 Å². The average Bonchev–Trinajstić information content (AvgIpc) is 3.73. The fraction of sp³-hybridized carbons (Fsp3) is 0.481. The van der Waals surface area contributed by atoms with Crippen LogP contribution >= 0.6 is 0 Å². The summed E-state index contributed by atoms with van der Waals surface area (Å²) in [5.74, 6) is -0.0824.